The lowest BCUT2D eigenvalue weighted by atomic mass is 10.1. The van der Waals surface area contributed by atoms with Gasteiger partial charge in [0, 0.05) is 30.8 Å². The van der Waals surface area contributed by atoms with Crippen LogP contribution in [0.15, 0.2) is 38.6 Å². The van der Waals surface area contributed by atoms with E-state index >= 15 is 0 Å². The molecule has 0 radical (unpaired) electrons. The van der Waals surface area contributed by atoms with E-state index in [0.717, 1.165) is 13.8 Å². The number of carbonyl (C=O) groups is 1. The third-order valence-corrected chi connectivity index (χ3v) is 4.80. The summed E-state index contributed by atoms with van der Waals surface area (Å²) < 4.78 is 1.80. The van der Waals surface area contributed by atoms with Gasteiger partial charge in [-0.1, -0.05) is 27.5 Å². The van der Waals surface area contributed by atoms with Crippen LogP contribution >= 0.6 is 54.8 Å². The molecule has 1 aromatic heterocycles. The van der Waals surface area contributed by atoms with Gasteiger partial charge < -0.3 is 0 Å². The number of thiophene rings is 1. The molecule has 0 saturated carbocycles. The maximum absolute atomic E-state index is 12.1. The van der Waals surface area contributed by atoms with Crippen molar-refractivity contribution < 1.29 is 4.79 Å². The van der Waals surface area contributed by atoms with E-state index in [4.69, 9.17) is 11.6 Å². The first-order chi connectivity index (χ1) is 8.06. The van der Waals surface area contributed by atoms with Gasteiger partial charge in [-0.15, -0.1) is 11.3 Å². The number of hydrogen-bond donors (Lipinski definition) is 0. The molecule has 1 heterocycles. The Bertz CT molecular complexity index is 545. The average molecular weight is 395 g/mol. The number of ketones is 1. The molecular formula is C12H7Br2ClOS. The van der Waals surface area contributed by atoms with Gasteiger partial charge in [0.05, 0.1) is 0 Å². The van der Waals surface area contributed by atoms with Gasteiger partial charge in [0.15, 0.2) is 5.78 Å². The molecular weight excluding hydrogens is 387 g/mol. The second kappa shape index (κ2) is 5.65. The molecule has 0 spiro atoms. The first kappa shape index (κ1) is 13.3. The van der Waals surface area contributed by atoms with Crippen LogP contribution in [0.4, 0.5) is 0 Å². The van der Waals surface area contributed by atoms with Gasteiger partial charge in [-0.25, -0.2) is 0 Å². The summed E-state index contributed by atoms with van der Waals surface area (Å²) >= 11 is 14.2. The summed E-state index contributed by atoms with van der Waals surface area (Å²) in [6, 6.07) is 7.19. The average Bonchev–Trinajstić information content (AvgIpc) is 2.63. The van der Waals surface area contributed by atoms with Crippen molar-refractivity contribution in [2.45, 2.75) is 6.42 Å². The highest BCUT2D eigenvalue weighted by Gasteiger charge is 2.11. The standard InChI is InChI=1S/C12H7Br2ClOS/c13-8-3-7(4-9(15)5-8)11(16)6-12-10(14)1-2-17-12/h1-5H,6H2. The van der Waals surface area contributed by atoms with Crippen molar-refractivity contribution in [3.05, 3.63) is 54.1 Å². The Morgan fingerprint density at radius 2 is 2.06 bits per heavy atom. The molecule has 17 heavy (non-hydrogen) atoms. The van der Waals surface area contributed by atoms with Crippen LogP contribution in [0.5, 0.6) is 0 Å². The van der Waals surface area contributed by atoms with Crippen LogP contribution in [0, 0.1) is 0 Å². The van der Waals surface area contributed by atoms with Crippen molar-refractivity contribution in [1.82, 2.24) is 0 Å². The topological polar surface area (TPSA) is 17.1 Å². The zero-order chi connectivity index (χ0) is 12.4. The molecule has 0 aliphatic carbocycles. The third kappa shape index (κ3) is 3.41. The molecule has 88 valence electrons. The maximum Gasteiger partial charge on any atom is 0.168 e. The van der Waals surface area contributed by atoms with Gasteiger partial charge in [0.25, 0.3) is 0 Å². The lowest BCUT2D eigenvalue weighted by molar-refractivity contribution is 0.0993. The van der Waals surface area contributed by atoms with Crippen LogP contribution in [0.25, 0.3) is 0 Å². The molecule has 1 nitrogen and oxygen atoms in total. The van der Waals surface area contributed by atoms with Crippen molar-refractivity contribution >= 4 is 60.6 Å². The summed E-state index contributed by atoms with van der Waals surface area (Å²) in [5, 5.41) is 2.52. The van der Waals surface area contributed by atoms with E-state index in [1.54, 1.807) is 29.5 Å². The number of Topliss-reactive ketones (excluding diaryl/α,β-unsaturated/α-hetero) is 1. The van der Waals surface area contributed by atoms with Gasteiger partial charge >= 0.3 is 0 Å². The van der Waals surface area contributed by atoms with Crippen molar-refractivity contribution in [3.63, 3.8) is 0 Å². The van der Waals surface area contributed by atoms with Crippen molar-refractivity contribution in [3.8, 4) is 0 Å². The number of hydrogen-bond acceptors (Lipinski definition) is 2. The van der Waals surface area contributed by atoms with Gasteiger partial charge in [0.1, 0.15) is 0 Å². The second-order valence-electron chi connectivity index (χ2n) is 3.45. The first-order valence-corrected chi connectivity index (χ1v) is 7.62. The SMILES string of the molecule is O=C(Cc1sccc1Br)c1cc(Cl)cc(Br)c1. The molecule has 0 aliphatic rings. The molecule has 0 saturated heterocycles. The van der Waals surface area contributed by atoms with Gasteiger partial charge in [-0.2, -0.15) is 0 Å². The lowest BCUT2D eigenvalue weighted by Gasteiger charge is -2.02. The smallest absolute Gasteiger partial charge is 0.168 e. The Balaban J connectivity index is 2.23. The fraction of sp³-hybridized carbons (Fsp3) is 0.0833. The maximum atomic E-state index is 12.1. The van der Waals surface area contributed by atoms with E-state index in [2.05, 4.69) is 31.9 Å². The Hall–Kier alpha value is -0.160. The van der Waals surface area contributed by atoms with E-state index in [1.165, 1.54) is 0 Å². The minimum Gasteiger partial charge on any atom is -0.294 e. The van der Waals surface area contributed by atoms with Crippen LogP contribution in [0.3, 0.4) is 0 Å². The highest BCUT2D eigenvalue weighted by molar-refractivity contribution is 9.10. The number of carbonyl (C=O) groups excluding carboxylic acids is 1. The van der Waals surface area contributed by atoms with Gasteiger partial charge in [-0.3, -0.25) is 4.79 Å². The van der Waals surface area contributed by atoms with Crippen molar-refractivity contribution in [2.75, 3.05) is 0 Å². The highest BCUT2D eigenvalue weighted by Crippen LogP contribution is 2.26. The fourth-order valence-corrected chi connectivity index (χ4v) is 3.77. The Labute approximate surface area is 125 Å². The van der Waals surface area contributed by atoms with E-state index < -0.39 is 0 Å². The molecule has 0 aliphatic heterocycles. The van der Waals surface area contributed by atoms with Crippen molar-refractivity contribution in [1.29, 1.82) is 0 Å². The van der Waals surface area contributed by atoms with Gasteiger partial charge in [-0.05, 0) is 45.6 Å². The van der Waals surface area contributed by atoms with Crippen LogP contribution in [0.1, 0.15) is 15.2 Å². The number of halogens is 3. The summed E-state index contributed by atoms with van der Waals surface area (Å²) in [6.45, 7) is 0. The molecule has 1 aromatic carbocycles. The van der Waals surface area contributed by atoms with Crippen LogP contribution < -0.4 is 0 Å². The van der Waals surface area contributed by atoms with E-state index in [0.29, 0.717) is 17.0 Å². The Morgan fingerprint density at radius 3 is 2.65 bits per heavy atom. The predicted octanol–water partition coefficient (Wildman–Crippen LogP) is 5.35. The molecule has 0 N–H and O–H groups in total. The summed E-state index contributed by atoms with van der Waals surface area (Å²) in [7, 11) is 0. The summed E-state index contributed by atoms with van der Waals surface area (Å²) in [4.78, 5) is 13.1. The highest BCUT2D eigenvalue weighted by atomic mass is 79.9. The molecule has 0 unspecified atom stereocenters. The van der Waals surface area contributed by atoms with Crippen molar-refractivity contribution in [2.24, 2.45) is 0 Å². The minimum absolute atomic E-state index is 0.0661. The van der Waals surface area contributed by atoms with E-state index in [-0.39, 0.29) is 5.78 Å². The number of benzene rings is 1. The molecule has 5 heteroatoms. The Kier molecular flexibility index (Phi) is 4.42. The van der Waals surface area contributed by atoms with Crippen LogP contribution in [0.2, 0.25) is 5.02 Å². The number of rotatable bonds is 3. The molecule has 2 aromatic rings. The summed E-state index contributed by atoms with van der Waals surface area (Å²) in [5.41, 5.74) is 0.629. The quantitative estimate of drug-likeness (QED) is 0.641. The largest absolute Gasteiger partial charge is 0.294 e. The predicted molar refractivity (Wildman–Crippen MR) is 79.2 cm³/mol. The monoisotopic (exact) mass is 392 g/mol. The molecule has 0 fully saturated rings. The summed E-state index contributed by atoms with van der Waals surface area (Å²) in [5.74, 6) is 0.0661. The normalized spacial score (nSPS) is 10.5. The first-order valence-electron chi connectivity index (χ1n) is 4.77. The zero-order valence-electron chi connectivity index (χ0n) is 8.54. The van der Waals surface area contributed by atoms with E-state index in [1.807, 2.05) is 11.4 Å². The summed E-state index contributed by atoms with van der Waals surface area (Å²) in [6.07, 6.45) is 0.394. The molecule has 0 bridgehead atoms. The van der Waals surface area contributed by atoms with Gasteiger partial charge in [0.2, 0.25) is 0 Å². The van der Waals surface area contributed by atoms with E-state index in [9.17, 15) is 4.79 Å². The molecule has 0 amide bonds. The minimum atomic E-state index is 0.0661. The third-order valence-electron chi connectivity index (χ3n) is 2.20. The van der Waals surface area contributed by atoms with Crippen LogP contribution in [-0.4, -0.2) is 5.78 Å². The van der Waals surface area contributed by atoms with Crippen LogP contribution in [-0.2, 0) is 6.42 Å². The lowest BCUT2D eigenvalue weighted by Crippen LogP contribution is -2.02. The fourth-order valence-electron chi connectivity index (χ4n) is 1.41. The zero-order valence-corrected chi connectivity index (χ0v) is 13.3. The Morgan fingerprint density at radius 1 is 1.29 bits per heavy atom. The molecule has 2 rings (SSSR count). The second-order valence-corrected chi connectivity index (χ2v) is 6.66. The molecule has 0 atom stereocenters.